The summed E-state index contributed by atoms with van der Waals surface area (Å²) < 4.78 is 10.8. The van der Waals surface area contributed by atoms with Crippen molar-refractivity contribution in [1.82, 2.24) is 9.97 Å². The van der Waals surface area contributed by atoms with Crippen LogP contribution in [0.1, 0.15) is 34.7 Å². The van der Waals surface area contributed by atoms with Crippen LogP contribution in [0.3, 0.4) is 0 Å². The van der Waals surface area contributed by atoms with Crippen LogP contribution in [0.2, 0.25) is 0 Å². The summed E-state index contributed by atoms with van der Waals surface area (Å²) in [5, 5.41) is 4.25. The highest BCUT2D eigenvalue weighted by molar-refractivity contribution is 5.93. The molecule has 0 radical (unpaired) electrons. The van der Waals surface area contributed by atoms with E-state index in [4.69, 9.17) is 15.2 Å². The number of primary amides is 1. The van der Waals surface area contributed by atoms with E-state index in [1.54, 1.807) is 26.4 Å². The Morgan fingerprint density at radius 2 is 1.70 bits per heavy atom. The van der Waals surface area contributed by atoms with Crippen LogP contribution >= 0.6 is 0 Å². The summed E-state index contributed by atoms with van der Waals surface area (Å²) in [5.41, 5.74) is 7.55. The fourth-order valence-electron chi connectivity index (χ4n) is 2.91. The Hall–Kier alpha value is -3.35. The van der Waals surface area contributed by atoms with Crippen molar-refractivity contribution in [3.05, 3.63) is 53.3 Å². The van der Waals surface area contributed by atoms with Gasteiger partial charge in [0.15, 0.2) is 11.5 Å². The standard InChI is InChI=1S/C20H22N4O3/c1-11(13-5-7-14(8-6-13)19(21)25)22-20-15-9-17(26-3)18(27-4)10-16(15)23-12(2)24-20/h5-11H,1-4H3,(H2,21,25)(H,22,23,24). The number of fused-ring (bicyclic) bond motifs is 1. The van der Waals surface area contributed by atoms with Gasteiger partial charge in [-0.05, 0) is 37.6 Å². The minimum Gasteiger partial charge on any atom is -0.493 e. The zero-order valence-electron chi connectivity index (χ0n) is 15.7. The van der Waals surface area contributed by atoms with Crippen molar-refractivity contribution in [2.75, 3.05) is 19.5 Å². The van der Waals surface area contributed by atoms with Gasteiger partial charge in [-0.2, -0.15) is 0 Å². The van der Waals surface area contributed by atoms with Crippen LogP contribution in [0.5, 0.6) is 11.5 Å². The van der Waals surface area contributed by atoms with Crippen molar-refractivity contribution in [1.29, 1.82) is 0 Å². The van der Waals surface area contributed by atoms with Crippen molar-refractivity contribution >= 4 is 22.6 Å². The first-order chi connectivity index (χ1) is 12.9. The predicted octanol–water partition coefficient (Wildman–Crippen LogP) is 3.23. The highest BCUT2D eigenvalue weighted by atomic mass is 16.5. The molecule has 3 N–H and O–H groups in total. The molecule has 140 valence electrons. The summed E-state index contributed by atoms with van der Waals surface area (Å²) in [5.74, 6) is 2.13. The number of carbonyl (C=O) groups excluding carboxylic acids is 1. The molecule has 0 saturated carbocycles. The van der Waals surface area contributed by atoms with E-state index in [1.165, 1.54) is 0 Å². The molecule has 0 bridgehead atoms. The number of hydrogen-bond acceptors (Lipinski definition) is 6. The quantitative estimate of drug-likeness (QED) is 0.695. The Labute approximate surface area is 157 Å². The number of nitrogens with one attached hydrogen (secondary N) is 1. The number of nitrogens with zero attached hydrogens (tertiary/aromatic N) is 2. The Morgan fingerprint density at radius 3 is 2.30 bits per heavy atom. The summed E-state index contributed by atoms with van der Waals surface area (Å²) in [7, 11) is 3.18. The van der Waals surface area contributed by atoms with E-state index < -0.39 is 5.91 Å². The van der Waals surface area contributed by atoms with Gasteiger partial charge in [0.2, 0.25) is 5.91 Å². The smallest absolute Gasteiger partial charge is 0.248 e. The number of hydrogen-bond donors (Lipinski definition) is 2. The predicted molar refractivity (Wildman–Crippen MR) is 104 cm³/mol. The zero-order chi connectivity index (χ0) is 19.6. The lowest BCUT2D eigenvalue weighted by atomic mass is 10.1. The Kier molecular flexibility index (Phi) is 5.12. The molecular formula is C20H22N4O3. The fraction of sp³-hybridized carbons (Fsp3) is 0.250. The molecule has 0 saturated heterocycles. The number of aryl methyl sites for hydroxylation is 1. The van der Waals surface area contributed by atoms with Gasteiger partial charge in [-0.1, -0.05) is 12.1 Å². The Bertz CT molecular complexity index is 987. The minimum absolute atomic E-state index is 0.0440. The third kappa shape index (κ3) is 3.76. The first-order valence-corrected chi connectivity index (χ1v) is 8.49. The lowest BCUT2D eigenvalue weighted by Gasteiger charge is -2.18. The van der Waals surface area contributed by atoms with Crippen molar-refractivity contribution in [3.8, 4) is 11.5 Å². The van der Waals surface area contributed by atoms with Crippen LogP contribution in [0, 0.1) is 6.92 Å². The second kappa shape index (κ2) is 7.49. The summed E-state index contributed by atoms with van der Waals surface area (Å²) in [6.45, 7) is 3.86. The van der Waals surface area contributed by atoms with E-state index in [9.17, 15) is 4.79 Å². The maximum atomic E-state index is 11.2. The first-order valence-electron chi connectivity index (χ1n) is 8.49. The third-order valence-electron chi connectivity index (χ3n) is 4.36. The van der Waals surface area contributed by atoms with Crippen molar-refractivity contribution in [2.45, 2.75) is 19.9 Å². The number of anilines is 1. The van der Waals surface area contributed by atoms with Crippen molar-refractivity contribution in [3.63, 3.8) is 0 Å². The van der Waals surface area contributed by atoms with Gasteiger partial charge in [-0.25, -0.2) is 9.97 Å². The lowest BCUT2D eigenvalue weighted by molar-refractivity contribution is 0.100. The van der Waals surface area contributed by atoms with Gasteiger partial charge in [0.05, 0.1) is 19.7 Å². The van der Waals surface area contributed by atoms with Crippen LogP contribution in [0.25, 0.3) is 10.9 Å². The molecule has 1 heterocycles. The zero-order valence-corrected chi connectivity index (χ0v) is 15.7. The van der Waals surface area contributed by atoms with Gasteiger partial charge in [-0.3, -0.25) is 4.79 Å². The van der Waals surface area contributed by atoms with Gasteiger partial charge in [0.1, 0.15) is 11.6 Å². The molecule has 7 heteroatoms. The second-order valence-corrected chi connectivity index (χ2v) is 6.20. The van der Waals surface area contributed by atoms with Crippen LogP contribution in [0.15, 0.2) is 36.4 Å². The fourth-order valence-corrected chi connectivity index (χ4v) is 2.91. The van der Waals surface area contributed by atoms with Crippen LogP contribution in [-0.4, -0.2) is 30.1 Å². The SMILES string of the molecule is COc1cc2nc(C)nc(NC(C)c3ccc(C(N)=O)cc3)c2cc1OC. The summed E-state index contributed by atoms with van der Waals surface area (Å²) in [6, 6.07) is 10.8. The molecule has 1 atom stereocenters. The van der Waals surface area contributed by atoms with Crippen LogP contribution < -0.4 is 20.5 Å². The number of rotatable bonds is 6. The maximum absolute atomic E-state index is 11.2. The molecule has 0 aliphatic rings. The molecule has 0 aliphatic heterocycles. The maximum Gasteiger partial charge on any atom is 0.248 e. The van der Waals surface area contributed by atoms with Gasteiger partial charge in [0, 0.05) is 23.1 Å². The highest BCUT2D eigenvalue weighted by Crippen LogP contribution is 2.35. The largest absolute Gasteiger partial charge is 0.493 e. The number of nitrogens with two attached hydrogens (primary N) is 1. The lowest BCUT2D eigenvalue weighted by Crippen LogP contribution is -2.12. The normalized spacial score (nSPS) is 11.9. The van der Waals surface area contributed by atoms with E-state index in [-0.39, 0.29) is 6.04 Å². The molecule has 2 aromatic carbocycles. The molecule has 0 spiro atoms. The number of amides is 1. The van der Waals surface area contributed by atoms with Crippen molar-refractivity contribution in [2.24, 2.45) is 5.73 Å². The molecule has 3 rings (SSSR count). The van der Waals surface area contributed by atoms with Gasteiger partial charge in [-0.15, -0.1) is 0 Å². The number of methoxy groups -OCH3 is 2. The molecule has 1 amide bonds. The number of benzene rings is 2. The average Bonchev–Trinajstić information content (AvgIpc) is 2.66. The average molecular weight is 366 g/mol. The summed E-state index contributed by atoms with van der Waals surface area (Å²) in [4.78, 5) is 20.3. The number of ether oxygens (including phenoxy) is 2. The summed E-state index contributed by atoms with van der Waals surface area (Å²) >= 11 is 0. The molecule has 3 aromatic rings. The van der Waals surface area contributed by atoms with E-state index in [2.05, 4.69) is 15.3 Å². The first kappa shape index (κ1) is 18.4. The molecule has 1 unspecified atom stereocenters. The molecule has 0 aliphatic carbocycles. The van der Waals surface area contributed by atoms with E-state index >= 15 is 0 Å². The van der Waals surface area contributed by atoms with E-state index in [0.717, 1.165) is 16.5 Å². The highest BCUT2D eigenvalue weighted by Gasteiger charge is 2.14. The second-order valence-electron chi connectivity index (χ2n) is 6.20. The molecule has 27 heavy (non-hydrogen) atoms. The Balaban J connectivity index is 1.99. The van der Waals surface area contributed by atoms with Gasteiger partial charge < -0.3 is 20.5 Å². The minimum atomic E-state index is -0.444. The van der Waals surface area contributed by atoms with Crippen LogP contribution in [-0.2, 0) is 0 Å². The Morgan fingerprint density at radius 1 is 1.07 bits per heavy atom. The van der Waals surface area contributed by atoms with E-state index in [0.29, 0.717) is 28.7 Å². The molecule has 1 aromatic heterocycles. The molecule has 7 nitrogen and oxygen atoms in total. The molecule has 0 fully saturated rings. The van der Waals surface area contributed by atoms with Crippen LogP contribution in [0.4, 0.5) is 5.82 Å². The third-order valence-corrected chi connectivity index (χ3v) is 4.36. The monoisotopic (exact) mass is 366 g/mol. The van der Waals surface area contributed by atoms with Gasteiger partial charge >= 0.3 is 0 Å². The molecular weight excluding hydrogens is 344 g/mol. The number of carbonyl (C=O) groups is 1. The van der Waals surface area contributed by atoms with Gasteiger partial charge in [0.25, 0.3) is 0 Å². The van der Waals surface area contributed by atoms with Crippen molar-refractivity contribution < 1.29 is 14.3 Å². The topological polar surface area (TPSA) is 99.4 Å². The van der Waals surface area contributed by atoms with E-state index in [1.807, 2.05) is 38.1 Å². The summed E-state index contributed by atoms with van der Waals surface area (Å²) in [6.07, 6.45) is 0. The number of aromatic nitrogens is 2.